The van der Waals surface area contributed by atoms with Gasteiger partial charge in [0.25, 0.3) is 0 Å². The number of aromatic nitrogens is 2. The first kappa shape index (κ1) is 24.5. The van der Waals surface area contributed by atoms with E-state index in [9.17, 15) is 0 Å². The van der Waals surface area contributed by atoms with E-state index in [1.165, 1.54) is 0 Å². The molecule has 0 saturated heterocycles. The van der Waals surface area contributed by atoms with Gasteiger partial charge in [-0.1, -0.05) is 60.7 Å². The van der Waals surface area contributed by atoms with Gasteiger partial charge in [0.15, 0.2) is 0 Å². The fourth-order valence-electron chi connectivity index (χ4n) is 5.51. The number of benzene rings is 3. The fourth-order valence-corrected chi connectivity index (χ4v) is 5.51. The summed E-state index contributed by atoms with van der Waals surface area (Å²) in [5.74, 6) is 1.19. The SMILES string of the molecule is CC1(C)CN=C(c2cccc(-c3c4ccccc4c(-c4cccc(C5=NCC(C)(C)O5)n4)c4ccccc34)n2)O1. The van der Waals surface area contributed by atoms with E-state index in [0.717, 1.165) is 55.4 Å². The van der Waals surface area contributed by atoms with Gasteiger partial charge in [-0.05, 0) is 73.5 Å². The molecule has 2 aliphatic rings. The first-order chi connectivity index (χ1) is 19.3. The van der Waals surface area contributed by atoms with Crippen molar-refractivity contribution in [3.63, 3.8) is 0 Å². The summed E-state index contributed by atoms with van der Waals surface area (Å²) >= 11 is 0. The van der Waals surface area contributed by atoms with Crippen LogP contribution in [-0.2, 0) is 9.47 Å². The summed E-state index contributed by atoms with van der Waals surface area (Å²) in [6.07, 6.45) is 0. The van der Waals surface area contributed by atoms with Crippen LogP contribution in [-0.4, -0.2) is 46.1 Å². The molecular formula is C34H30N4O2. The lowest BCUT2D eigenvalue weighted by molar-refractivity contribution is 0.130. The van der Waals surface area contributed by atoms with Crippen LogP contribution in [0.2, 0.25) is 0 Å². The second-order valence-electron chi connectivity index (χ2n) is 11.6. The number of nitrogens with zero attached hydrogens (tertiary/aromatic N) is 4. The van der Waals surface area contributed by atoms with E-state index in [1.54, 1.807) is 0 Å². The minimum Gasteiger partial charge on any atom is -0.468 e. The molecule has 0 bridgehead atoms. The van der Waals surface area contributed by atoms with Crippen molar-refractivity contribution in [2.75, 3.05) is 13.1 Å². The summed E-state index contributed by atoms with van der Waals surface area (Å²) in [7, 11) is 0. The number of fused-ring (bicyclic) bond motifs is 2. The van der Waals surface area contributed by atoms with Crippen molar-refractivity contribution in [3.8, 4) is 22.5 Å². The van der Waals surface area contributed by atoms with Gasteiger partial charge < -0.3 is 9.47 Å². The van der Waals surface area contributed by atoms with Crippen LogP contribution < -0.4 is 0 Å². The van der Waals surface area contributed by atoms with E-state index in [0.29, 0.717) is 24.9 Å². The lowest BCUT2D eigenvalue weighted by atomic mass is 9.88. The number of pyridine rings is 2. The van der Waals surface area contributed by atoms with Gasteiger partial charge in [0.2, 0.25) is 11.8 Å². The molecule has 4 heterocycles. The molecule has 5 aromatic rings. The molecule has 3 aromatic carbocycles. The summed E-state index contributed by atoms with van der Waals surface area (Å²) in [5, 5.41) is 4.44. The van der Waals surface area contributed by atoms with Crippen LogP contribution in [0.4, 0.5) is 0 Å². The number of hydrogen-bond acceptors (Lipinski definition) is 6. The molecule has 0 fully saturated rings. The molecule has 2 aliphatic heterocycles. The van der Waals surface area contributed by atoms with E-state index in [1.807, 2.05) is 52.0 Å². The minimum atomic E-state index is -0.319. The third kappa shape index (κ3) is 4.20. The van der Waals surface area contributed by atoms with E-state index >= 15 is 0 Å². The normalized spacial score (nSPS) is 17.4. The van der Waals surface area contributed by atoms with E-state index in [4.69, 9.17) is 19.4 Å². The van der Waals surface area contributed by atoms with Gasteiger partial charge in [0.1, 0.15) is 22.6 Å². The van der Waals surface area contributed by atoms with Crippen LogP contribution in [0.3, 0.4) is 0 Å². The largest absolute Gasteiger partial charge is 0.468 e. The first-order valence-electron chi connectivity index (χ1n) is 13.6. The van der Waals surface area contributed by atoms with Crippen LogP contribution in [0.1, 0.15) is 39.1 Å². The Kier molecular flexibility index (Phi) is 5.49. The van der Waals surface area contributed by atoms with Gasteiger partial charge in [-0.15, -0.1) is 0 Å². The highest BCUT2D eigenvalue weighted by molar-refractivity contribution is 6.20. The zero-order chi connectivity index (χ0) is 27.5. The number of hydrogen-bond donors (Lipinski definition) is 0. The summed E-state index contributed by atoms with van der Waals surface area (Å²) in [6.45, 7) is 9.42. The maximum atomic E-state index is 6.10. The molecule has 6 nitrogen and oxygen atoms in total. The lowest BCUT2D eigenvalue weighted by Gasteiger charge is -2.19. The third-order valence-electron chi connectivity index (χ3n) is 7.33. The Hall–Kier alpha value is -4.58. The highest BCUT2D eigenvalue weighted by Gasteiger charge is 2.30. The molecule has 7 rings (SSSR count). The Morgan fingerprint density at radius 1 is 0.475 bits per heavy atom. The average molecular weight is 527 g/mol. The molecule has 0 amide bonds. The monoisotopic (exact) mass is 526 g/mol. The van der Waals surface area contributed by atoms with Crippen molar-refractivity contribution in [2.24, 2.45) is 9.98 Å². The van der Waals surface area contributed by atoms with Crippen molar-refractivity contribution in [2.45, 2.75) is 38.9 Å². The highest BCUT2D eigenvalue weighted by Crippen LogP contribution is 2.42. The van der Waals surface area contributed by atoms with Crippen molar-refractivity contribution in [1.29, 1.82) is 0 Å². The van der Waals surface area contributed by atoms with Gasteiger partial charge in [0.05, 0.1) is 24.5 Å². The number of aliphatic imine (C=N–C) groups is 2. The summed E-state index contributed by atoms with van der Waals surface area (Å²) in [5.41, 5.74) is 4.77. The Balaban J connectivity index is 1.44. The van der Waals surface area contributed by atoms with Crippen LogP contribution >= 0.6 is 0 Å². The molecule has 0 spiro atoms. The standard InChI is InChI=1S/C34H30N4O2/c1-33(2)19-35-31(39-33)27-17-9-15-25(37-27)29-21-11-5-7-13-23(21)30(24-14-8-6-12-22(24)29)26-16-10-18-28(38-26)32-36-20-34(3,4)40-32/h5-18H,19-20H2,1-4H3. The Labute approximate surface area is 233 Å². The minimum absolute atomic E-state index is 0.319. The van der Waals surface area contributed by atoms with Crippen molar-refractivity contribution >= 4 is 33.3 Å². The van der Waals surface area contributed by atoms with E-state index in [-0.39, 0.29) is 11.2 Å². The van der Waals surface area contributed by atoms with Crippen LogP contribution in [0.25, 0.3) is 44.1 Å². The van der Waals surface area contributed by atoms with Gasteiger partial charge in [0, 0.05) is 11.1 Å². The molecule has 2 aromatic heterocycles. The van der Waals surface area contributed by atoms with Crippen molar-refractivity contribution < 1.29 is 9.47 Å². The Bertz CT molecular complexity index is 1680. The predicted octanol–water partition coefficient (Wildman–Crippen LogP) is 7.23. The molecular weight excluding hydrogens is 496 g/mol. The van der Waals surface area contributed by atoms with Gasteiger partial charge in [-0.3, -0.25) is 0 Å². The maximum absolute atomic E-state index is 6.10. The summed E-state index contributed by atoms with van der Waals surface area (Å²) < 4.78 is 12.2. The molecule has 0 radical (unpaired) electrons. The van der Waals surface area contributed by atoms with Gasteiger partial charge in [-0.25, -0.2) is 20.0 Å². The second-order valence-corrected chi connectivity index (χ2v) is 11.6. The van der Waals surface area contributed by atoms with Crippen molar-refractivity contribution in [1.82, 2.24) is 9.97 Å². The van der Waals surface area contributed by atoms with Crippen LogP contribution in [0, 0.1) is 0 Å². The molecule has 40 heavy (non-hydrogen) atoms. The summed E-state index contributed by atoms with van der Waals surface area (Å²) in [6, 6.07) is 29.1. The van der Waals surface area contributed by atoms with E-state index in [2.05, 4.69) is 70.6 Å². The highest BCUT2D eigenvalue weighted by atomic mass is 16.5. The molecule has 0 saturated carbocycles. The zero-order valence-electron chi connectivity index (χ0n) is 23.1. The third-order valence-corrected chi connectivity index (χ3v) is 7.33. The topological polar surface area (TPSA) is 69.0 Å². The van der Waals surface area contributed by atoms with Gasteiger partial charge in [-0.2, -0.15) is 0 Å². The maximum Gasteiger partial charge on any atom is 0.236 e. The van der Waals surface area contributed by atoms with Crippen LogP contribution in [0.5, 0.6) is 0 Å². The smallest absolute Gasteiger partial charge is 0.236 e. The molecule has 0 N–H and O–H groups in total. The zero-order valence-corrected chi connectivity index (χ0v) is 23.1. The average Bonchev–Trinajstić information content (AvgIpc) is 3.52. The first-order valence-corrected chi connectivity index (χ1v) is 13.6. The van der Waals surface area contributed by atoms with E-state index < -0.39 is 0 Å². The molecule has 0 atom stereocenters. The quantitative estimate of drug-likeness (QED) is 0.232. The second kappa shape index (κ2) is 8.98. The molecule has 198 valence electrons. The fraction of sp³-hybridized carbons (Fsp3) is 0.235. The summed E-state index contributed by atoms with van der Waals surface area (Å²) in [4.78, 5) is 19.4. The predicted molar refractivity (Wildman–Crippen MR) is 161 cm³/mol. The number of ether oxygens (including phenoxy) is 2. The van der Waals surface area contributed by atoms with Crippen LogP contribution in [0.15, 0.2) is 94.9 Å². The molecule has 0 unspecified atom stereocenters. The Morgan fingerprint density at radius 3 is 1.15 bits per heavy atom. The molecule has 0 aliphatic carbocycles. The Morgan fingerprint density at radius 2 is 0.825 bits per heavy atom. The van der Waals surface area contributed by atoms with Gasteiger partial charge >= 0.3 is 0 Å². The van der Waals surface area contributed by atoms with Crippen molar-refractivity contribution in [3.05, 3.63) is 96.3 Å². The number of rotatable bonds is 4. The molecule has 6 heteroatoms. The lowest BCUT2D eigenvalue weighted by Crippen LogP contribution is -2.24.